The summed E-state index contributed by atoms with van der Waals surface area (Å²) in [7, 11) is 0. The second-order valence-electron chi connectivity index (χ2n) is 5.53. The van der Waals surface area contributed by atoms with Gasteiger partial charge in [-0.05, 0) is 32.9 Å². The number of halogens is 1. The zero-order valence-electron chi connectivity index (χ0n) is 12.6. The molecule has 1 amide bonds. The van der Waals surface area contributed by atoms with E-state index < -0.39 is 29.5 Å². The summed E-state index contributed by atoms with van der Waals surface area (Å²) in [5.74, 6) is -1.71. The molecule has 1 aromatic rings. The summed E-state index contributed by atoms with van der Waals surface area (Å²) in [6.45, 7) is 4.57. The standard InChI is InChI=1S/C14H19FN2O5/c1-14(2,3)22-13(20)17-10(12(18)19)7-21-11-5-4-8(15)6-9(11)16/h4-6,10H,7,16H2,1-3H3,(H,17,20)(H,18,19)/t10-/m0/s1. The molecule has 0 spiro atoms. The number of carbonyl (C=O) groups excluding carboxylic acids is 1. The van der Waals surface area contributed by atoms with Crippen LogP contribution in [0.3, 0.4) is 0 Å². The predicted octanol–water partition coefficient (Wildman–Crippen LogP) is 1.76. The van der Waals surface area contributed by atoms with Crippen molar-refractivity contribution in [2.45, 2.75) is 32.4 Å². The van der Waals surface area contributed by atoms with Gasteiger partial charge in [-0.2, -0.15) is 0 Å². The first kappa shape index (κ1) is 17.5. The van der Waals surface area contributed by atoms with Crippen LogP contribution < -0.4 is 15.8 Å². The van der Waals surface area contributed by atoms with Crippen molar-refractivity contribution in [3.63, 3.8) is 0 Å². The van der Waals surface area contributed by atoms with Gasteiger partial charge >= 0.3 is 12.1 Å². The number of carboxylic acids is 1. The summed E-state index contributed by atoms with van der Waals surface area (Å²) in [6.07, 6.45) is -0.879. The molecule has 1 atom stereocenters. The number of anilines is 1. The van der Waals surface area contributed by atoms with Gasteiger partial charge in [-0.1, -0.05) is 0 Å². The summed E-state index contributed by atoms with van der Waals surface area (Å²) in [5, 5.41) is 11.2. The summed E-state index contributed by atoms with van der Waals surface area (Å²) >= 11 is 0. The van der Waals surface area contributed by atoms with Gasteiger partial charge in [0.15, 0.2) is 6.04 Å². The molecule has 1 aromatic carbocycles. The number of ether oxygens (including phenoxy) is 2. The van der Waals surface area contributed by atoms with Crippen molar-refractivity contribution in [3.05, 3.63) is 24.0 Å². The molecule has 0 fully saturated rings. The van der Waals surface area contributed by atoms with Crippen molar-refractivity contribution in [1.29, 1.82) is 0 Å². The van der Waals surface area contributed by atoms with Gasteiger partial charge < -0.3 is 25.6 Å². The maximum atomic E-state index is 12.9. The third-order valence-electron chi connectivity index (χ3n) is 2.37. The molecule has 1 rings (SSSR count). The highest BCUT2D eigenvalue weighted by Crippen LogP contribution is 2.21. The molecule has 0 bridgehead atoms. The van der Waals surface area contributed by atoms with Crippen LogP contribution in [0.15, 0.2) is 18.2 Å². The largest absolute Gasteiger partial charge is 0.489 e. The molecule has 0 radical (unpaired) electrons. The Morgan fingerprint density at radius 3 is 2.55 bits per heavy atom. The van der Waals surface area contributed by atoms with E-state index in [0.29, 0.717) is 0 Å². The van der Waals surface area contributed by atoms with Gasteiger partial charge in [0.25, 0.3) is 0 Å². The fourth-order valence-corrected chi connectivity index (χ4v) is 1.45. The zero-order chi connectivity index (χ0) is 16.9. The lowest BCUT2D eigenvalue weighted by atomic mass is 10.2. The number of hydrogen-bond donors (Lipinski definition) is 3. The molecule has 7 nitrogen and oxygen atoms in total. The van der Waals surface area contributed by atoms with Crippen molar-refractivity contribution in [2.24, 2.45) is 0 Å². The topological polar surface area (TPSA) is 111 Å². The molecule has 0 aliphatic rings. The van der Waals surface area contributed by atoms with Crippen LogP contribution in [0.2, 0.25) is 0 Å². The number of nitrogen functional groups attached to an aromatic ring is 1. The molecule has 0 heterocycles. The molecule has 22 heavy (non-hydrogen) atoms. The fraction of sp³-hybridized carbons (Fsp3) is 0.429. The first-order valence-electron chi connectivity index (χ1n) is 6.48. The van der Waals surface area contributed by atoms with Gasteiger partial charge in [-0.25, -0.2) is 14.0 Å². The van der Waals surface area contributed by atoms with Crippen LogP contribution in [0, 0.1) is 5.82 Å². The van der Waals surface area contributed by atoms with E-state index in [1.807, 2.05) is 0 Å². The molecule has 0 aliphatic carbocycles. The van der Waals surface area contributed by atoms with Gasteiger partial charge in [0.1, 0.15) is 23.8 Å². The van der Waals surface area contributed by atoms with Crippen LogP contribution in [0.25, 0.3) is 0 Å². The number of amides is 1. The Bertz CT molecular complexity index is 557. The number of nitrogens with one attached hydrogen (secondary N) is 1. The molecule has 0 aromatic heterocycles. The van der Waals surface area contributed by atoms with Gasteiger partial charge in [-0.15, -0.1) is 0 Å². The van der Waals surface area contributed by atoms with Crippen LogP contribution in [0.4, 0.5) is 14.9 Å². The molecule has 4 N–H and O–H groups in total. The van der Waals surface area contributed by atoms with Crippen LogP contribution in [0.1, 0.15) is 20.8 Å². The molecule has 0 saturated heterocycles. The lowest BCUT2D eigenvalue weighted by Crippen LogP contribution is -2.46. The predicted molar refractivity (Wildman–Crippen MR) is 77.1 cm³/mol. The number of benzene rings is 1. The van der Waals surface area contributed by atoms with Crippen LogP contribution in [0.5, 0.6) is 5.75 Å². The normalized spacial score (nSPS) is 12.4. The minimum atomic E-state index is -1.33. The Morgan fingerprint density at radius 2 is 2.05 bits per heavy atom. The van der Waals surface area contributed by atoms with E-state index in [1.165, 1.54) is 6.07 Å². The summed E-state index contributed by atoms with van der Waals surface area (Å²) in [6, 6.07) is 2.12. The third-order valence-corrected chi connectivity index (χ3v) is 2.37. The quantitative estimate of drug-likeness (QED) is 0.714. The lowest BCUT2D eigenvalue weighted by Gasteiger charge is -2.22. The number of hydrogen-bond acceptors (Lipinski definition) is 5. The second kappa shape index (κ2) is 6.97. The Kier molecular flexibility index (Phi) is 5.56. The Hall–Kier alpha value is -2.51. The number of alkyl carbamates (subject to hydrolysis) is 1. The Morgan fingerprint density at radius 1 is 1.41 bits per heavy atom. The molecule has 0 unspecified atom stereocenters. The number of nitrogens with two attached hydrogens (primary N) is 1. The van der Waals surface area contributed by atoms with Gasteiger partial charge in [0.2, 0.25) is 0 Å². The van der Waals surface area contributed by atoms with Crippen LogP contribution in [-0.2, 0) is 9.53 Å². The molecule has 0 saturated carbocycles. The Balaban J connectivity index is 2.65. The van der Waals surface area contributed by atoms with Crippen molar-refractivity contribution in [1.82, 2.24) is 5.32 Å². The fourth-order valence-electron chi connectivity index (χ4n) is 1.45. The van der Waals surface area contributed by atoms with Crippen molar-refractivity contribution < 1.29 is 28.6 Å². The number of rotatable bonds is 5. The van der Waals surface area contributed by atoms with E-state index in [1.54, 1.807) is 20.8 Å². The van der Waals surface area contributed by atoms with Crippen molar-refractivity contribution >= 4 is 17.7 Å². The Labute approximate surface area is 127 Å². The average molecular weight is 314 g/mol. The highest BCUT2D eigenvalue weighted by Gasteiger charge is 2.24. The van der Waals surface area contributed by atoms with Crippen LogP contribution in [-0.4, -0.2) is 35.4 Å². The van der Waals surface area contributed by atoms with E-state index in [2.05, 4.69) is 5.32 Å². The molecular formula is C14H19FN2O5. The van der Waals surface area contributed by atoms with Gasteiger partial charge in [0, 0.05) is 6.07 Å². The lowest BCUT2D eigenvalue weighted by molar-refractivity contribution is -0.140. The molecule has 0 aliphatic heterocycles. The minimum Gasteiger partial charge on any atom is -0.489 e. The number of aliphatic carboxylic acids is 1. The molecular weight excluding hydrogens is 295 g/mol. The SMILES string of the molecule is CC(C)(C)OC(=O)N[C@@H](COc1ccc(F)cc1N)C(=O)O. The van der Waals surface area contributed by atoms with E-state index in [4.69, 9.17) is 20.3 Å². The van der Waals surface area contributed by atoms with Crippen molar-refractivity contribution in [2.75, 3.05) is 12.3 Å². The monoisotopic (exact) mass is 314 g/mol. The van der Waals surface area contributed by atoms with Gasteiger partial charge in [0.05, 0.1) is 5.69 Å². The maximum Gasteiger partial charge on any atom is 0.408 e. The second-order valence-corrected chi connectivity index (χ2v) is 5.53. The average Bonchev–Trinajstić information content (AvgIpc) is 2.33. The van der Waals surface area contributed by atoms with E-state index in [-0.39, 0.29) is 18.0 Å². The highest BCUT2D eigenvalue weighted by molar-refractivity contribution is 5.80. The summed E-state index contributed by atoms with van der Waals surface area (Å²) in [5.41, 5.74) is 4.82. The van der Waals surface area contributed by atoms with E-state index >= 15 is 0 Å². The third kappa shape index (κ3) is 5.86. The first-order valence-corrected chi connectivity index (χ1v) is 6.48. The summed E-state index contributed by atoms with van der Waals surface area (Å²) < 4.78 is 23.1. The highest BCUT2D eigenvalue weighted by atomic mass is 19.1. The van der Waals surface area contributed by atoms with Gasteiger partial charge in [-0.3, -0.25) is 0 Å². The smallest absolute Gasteiger partial charge is 0.408 e. The number of carbonyl (C=O) groups is 2. The summed E-state index contributed by atoms with van der Waals surface area (Å²) in [4.78, 5) is 22.7. The first-order chi connectivity index (χ1) is 10.1. The van der Waals surface area contributed by atoms with Crippen LogP contribution >= 0.6 is 0 Å². The molecule has 8 heteroatoms. The van der Waals surface area contributed by atoms with Crippen molar-refractivity contribution in [3.8, 4) is 5.75 Å². The zero-order valence-corrected chi connectivity index (χ0v) is 12.6. The van der Waals surface area contributed by atoms with E-state index in [9.17, 15) is 14.0 Å². The number of carboxylic acid groups (broad SMARTS) is 1. The maximum absolute atomic E-state index is 12.9. The molecule has 122 valence electrons. The van der Waals surface area contributed by atoms with E-state index in [0.717, 1.165) is 12.1 Å². The minimum absolute atomic E-state index is 0.0291.